The molecule has 3 nitrogen and oxygen atoms in total. The van der Waals surface area contributed by atoms with Crippen LogP contribution in [0.3, 0.4) is 0 Å². The summed E-state index contributed by atoms with van der Waals surface area (Å²) >= 11 is 0. The topological polar surface area (TPSA) is 40.5 Å². The van der Waals surface area contributed by atoms with Crippen molar-refractivity contribution in [2.24, 2.45) is 0 Å². The Hall–Kier alpha value is -1.51. The fourth-order valence-corrected chi connectivity index (χ4v) is 1.78. The van der Waals surface area contributed by atoms with Crippen LogP contribution >= 0.6 is 0 Å². The van der Waals surface area contributed by atoms with Crippen LogP contribution < -0.4 is 4.90 Å². The van der Waals surface area contributed by atoms with Gasteiger partial charge in [-0.15, -0.1) is 0 Å². The van der Waals surface area contributed by atoms with Crippen molar-refractivity contribution in [3.63, 3.8) is 0 Å². The number of carboxylic acid groups (broad SMARTS) is 1. The Balaban J connectivity index is 2.28. The number of anilines is 1. The maximum atomic E-state index is 10.8. The molecule has 1 aromatic rings. The van der Waals surface area contributed by atoms with E-state index in [1.807, 2.05) is 19.1 Å². The highest BCUT2D eigenvalue weighted by molar-refractivity contribution is 5.89. The van der Waals surface area contributed by atoms with Crippen molar-refractivity contribution in [1.29, 1.82) is 0 Å². The molecule has 0 saturated heterocycles. The van der Waals surface area contributed by atoms with E-state index in [1.165, 1.54) is 12.8 Å². The standard InChI is InChI=1S/C12H15NO2/c1-8-7-10(13(2)9-3-4-9)5-6-11(8)12(14)15/h5-7,9H,3-4H2,1-2H3,(H,14,15). The van der Waals surface area contributed by atoms with Gasteiger partial charge in [0.15, 0.2) is 0 Å². The maximum absolute atomic E-state index is 10.8. The van der Waals surface area contributed by atoms with Crippen LogP contribution in [0, 0.1) is 6.92 Å². The zero-order valence-corrected chi connectivity index (χ0v) is 9.03. The molecule has 1 fully saturated rings. The lowest BCUT2D eigenvalue weighted by molar-refractivity contribution is 0.0696. The van der Waals surface area contributed by atoms with Crippen molar-refractivity contribution >= 4 is 11.7 Å². The van der Waals surface area contributed by atoms with Crippen LogP contribution in [0.25, 0.3) is 0 Å². The van der Waals surface area contributed by atoms with Gasteiger partial charge in [0.25, 0.3) is 0 Å². The second-order valence-electron chi connectivity index (χ2n) is 4.15. The van der Waals surface area contributed by atoms with E-state index >= 15 is 0 Å². The number of aryl methyl sites for hydroxylation is 1. The van der Waals surface area contributed by atoms with Gasteiger partial charge >= 0.3 is 5.97 Å². The molecule has 1 aliphatic carbocycles. The summed E-state index contributed by atoms with van der Waals surface area (Å²) in [6, 6.07) is 6.17. The van der Waals surface area contributed by atoms with Crippen LogP contribution in [0.1, 0.15) is 28.8 Å². The summed E-state index contributed by atoms with van der Waals surface area (Å²) in [7, 11) is 2.06. The molecule has 0 bridgehead atoms. The van der Waals surface area contributed by atoms with Gasteiger partial charge in [-0.05, 0) is 43.5 Å². The van der Waals surface area contributed by atoms with Gasteiger partial charge in [-0.25, -0.2) is 4.79 Å². The molecule has 1 N–H and O–H groups in total. The van der Waals surface area contributed by atoms with Gasteiger partial charge < -0.3 is 10.0 Å². The van der Waals surface area contributed by atoms with Gasteiger partial charge in [0.1, 0.15) is 0 Å². The van der Waals surface area contributed by atoms with Gasteiger partial charge in [0, 0.05) is 18.8 Å². The van der Waals surface area contributed by atoms with Crippen LogP contribution in [0.5, 0.6) is 0 Å². The van der Waals surface area contributed by atoms with E-state index in [0.29, 0.717) is 11.6 Å². The maximum Gasteiger partial charge on any atom is 0.335 e. The van der Waals surface area contributed by atoms with Gasteiger partial charge in [0.2, 0.25) is 0 Å². The molecule has 0 aliphatic heterocycles. The van der Waals surface area contributed by atoms with E-state index in [2.05, 4.69) is 11.9 Å². The molecule has 1 aromatic carbocycles. The van der Waals surface area contributed by atoms with Crippen molar-refractivity contribution in [1.82, 2.24) is 0 Å². The van der Waals surface area contributed by atoms with Gasteiger partial charge in [-0.2, -0.15) is 0 Å². The second kappa shape index (κ2) is 3.57. The minimum atomic E-state index is -0.854. The molecule has 0 amide bonds. The van der Waals surface area contributed by atoms with E-state index in [4.69, 9.17) is 5.11 Å². The molecule has 1 saturated carbocycles. The molecule has 0 radical (unpaired) electrons. The number of benzene rings is 1. The third-order valence-corrected chi connectivity index (χ3v) is 2.94. The summed E-state index contributed by atoms with van der Waals surface area (Å²) in [5, 5.41) is 8.90. The molecule has 0 spiro atoms. The average molecular weight is 205 g/mol. The minimum Gasteiger partial charge on any atom is -0.478 e. The first kappa shape index (κ1) is 10.0. The Morgan fingerprint density at radius 1 is 1.47 bits per heavy atom. The Morgan fingerprint density at radius 3 is 2.60 bits per heavy atom. The summed E-state index contributed by atoms with van der Waals surface area (Å²) < 4.78 is 0. The van der Waals surface area contributed by atoms with Crippen molar-refractivity contribution in [2.75, 3.05) is 11.9 Å². The Kier molecular flexibility index (Phi) is 2.39. The van der Waals surface area contributed by atoms with E-state index in [1.54, 1.807) is 6.07 Å². The number of carbonyl (C=O) groups is 1. The fourth-order valence-electron chi connectivity index (χ4n) is 1.78. The monoisotopic (exact) mass is 205 g/mol. The van der Waals surface area contributed by atoms with Crippen molar-refractivity contribution < 1.29 is 9.90 Å². The number of rotatable bonds is 3. The predicted octanol–water partition coefficient (Wildman–Crippen LogP) is 2.29. The van der Waals surface area contributed by atoms with Crippen LogP contribution in [-0.2, 0) is 0 Å². The van der Waals surface area contributed by atoms with Crippen LogP contribution in [0.15, 0.2) is 18.2 Å². The molecule has 0 atom stereocenters. The number of hydrogen-bond acceptors (Lipinski definition) is 2. The fraction of sp³-hybridized carbons (Fsp3) is 0.417. The van der Waals surface area contributed by atoms with Gasteiger partial charge in [-0.1, -0.05) is 0 Å². The summed E-state index contributed by atoms with van der Waals surface area (Å²) in [5.41, 5.74) is 2.33. The quantitative estimate of drug-likeness (QED) is 0.823. The Morgan fingerprint density at radius 2 is 2.13 bits per heavy atom. The highest BCUT2D eigenvalue weighted by Crippen LogP contribution is 2.30. The number of hydrogen-bond donors (Lipinski definition) is 1. The van der Waals surface area contributed by atoms with E-state index in [-0.39, 0.29) is 0 Å². The molecular weight excluding hydrogens is 190 g/mol. The first-order valence-electron chi connectivity index (χ1n) is 5.16. The average Bonchev–Trinajstić information content (AvgIpc) is 2.99. The predicted molar refractivity (Wildman–Crippen MR) is 59.6 cm³/mol. The summed E-state index contributed by atoms with van der Waals surface area (Å²) in [6.07, 6.45) is 2.49. The number of aromatic carboxylic acids is 1. The third kappa shape index (κ3) is 1.96. The first-order valence-corrected chi connectivity index (χ1v) is 5.16. The SMILES string of the molecule is Cc1cc(N(C)C2CC2)ccc1C(=O)O. The van der Waals surface area contributed by atoms with Crippen LogP contribution in [0.4, 0.5) is 5.69 Å². The van der Waals surface area contributed by atoms with Crippen molar-refractivity contribution in [3.05, 3.63) is 29.3 Å². The minimum absolute atomic E-state index is 0.392. The van der Waals surface area contributed by atoms with E-state index in [9.17, 15) is 4.79 Å². The third-order valence-electron chi connectivity index (χ3n) is 2.94. The van der Waals surface area contributed by atoms with Crippen LogP contribution in [0.2, 0.25) is 0 Å². The molecule has 80 valence electrons. The molecule has 0 heterocycles. The molecule has 1 aliphatic rings. The molecule has 0 unspecified atom stereocenters. The van der Waals surface area contributed by atoms with Gasteiger partial charge in [-0.3, -0.25) is 0 Å². The van der Waals surface area contributed by atoms with Crippen LogP contribution in [-0.4, -0.2) is 24.2 Å². The first-order chi connectivity index (χ1) is 7.09. The summed E-state index contributed by atoms with van der Waals surface area (Å²) in [6.45, 7) is 1.84. The molecular formula is C12H15NO2. The number of carboxylic acids is 1. The zero-order chi connectivity index (χ0) is 11.0. The lowest BCUT2D eigenvalue weighted by Crippen LogP contribution is -2.19. The zero-order valence-electron chi connectivity index (χ0n) is 9.03. The molecule has 2 rings (SSSR count). The lowest BCUT2D eigenvalue weighted by atomic mass is 10.1. The highest BCUT2D eigenvalue weighted by Gasteiger charge is 2.26. The summed E-state index contributed by atoms with van der Waals surface area (Å²) in [4.78, 5) is 13.1. The van der Waals surface area contributed by atoms with Crippen molar-refractivity contribution in [2.45, 2.75) is 25.8 Å². The molecule has 0 aromatic heterocycles. The normalized spacial score (nSPS) is 15.1. The smallest absolute Gasteiger partial charge is 0.335 e. The largest absolute Gasteiger partial charge is 0.478 e. The van der Waals surface area contributed by atoms with Crippen molar-refractivity contribution in [3.8, 4) is 0 Å². The molecule has 15 heavy (non-hydrogen) atoms. The lowest BCUT2D eigenvalue weighted by Gasteiger charge is -2.19. The second-order valence-corrected chi connectivity index (χ2v) is 4.15. The molecule has 3 heteroatoms. The van der Waals surface area contributed by atoms with E-state index < -0.39 is 5.97 Å². The Bertz CT molecular complexity index is 397. The van der Waals surface area contributed by atoms with E-state index in [0.717, 1.165) is 11.3 Å². The summed E-state index contributed by atoms with van der Waals surface area (Å²) in [5.74, 6) is -0.854. The van der Waals surface area contributed by atoms with Gasteiger partial charge in [0.05, 0.1) is 5.56 Å². The Labute approximate surface area is 89.3 Å². The highest BCUT2D eigenvalue weighted by atomic mass is 16.4. The number of nitrogens with zero attached hydrogens (tertiary/aromatic N) is 1.